The van der Waals surface area contributed by atoms with Crippen LogP contribution >= 0.6 is 0 Å². The third kappa shape index (κ3) is 3.67. The summed E-state index contributed by atoms with van der Waals surface area (Å²) in [6.45, 7) is 6.25. The number of benzene rings is 1. The highest BCUT2D eigenvalue weighted by Crippen LogP contribution is 2.34. The number of carbonyl (C=O) groups excluding carboxylic acids is 1. The Hall–Kier alpha value is -1.59. The average Bonchev–Trinajstić information content (AvgIpc) is 3.17. The van der Waals surface area contributed by atoms with Gasteiger partial charge in [-0.3, -0.25) is 4.90 Å². The SMILES string of the molecule is CN1CC2(CCN(C3CCN(CCc4ccccc4)CC3)C2)OC1=O. The maximum absolute atomic E-state index is 11.7. The molecule has 5 heteroatoms. The lowest BCUT2D eigenvalue weighted by molar-refractivity contribution is 0.0510. The van der Waals surface area contributed by atoms with Gasteiger partial charge in [0, 0.05) is 39.1 Å². The summed E-state index contributed by atoms with van der Waals surface area (Å²) < 4.78 is 5.69. The number of rotatable bonds is 4. The Morgan fingerprint density at radius 2 is 1.88 bits per heavy atom. The third-order valence-corrected chi connectivity index (χ3v) is 6.12. The molecule has 1 amide bonds. The van der Waals surface area contributed by atoms with Gasteiger partial charge in [-0.2, -0.15) is 0 Å². The van der Waals surface area contributed by atoms with Crippen LogP contribution in [0.15, 0.2) is 30.3 Å². The van der Waals surface area contributed by atoms with E-state index in [0.29, 0.717) is 6.04 Å². The van der Waals surface area contributed by atoms with Crippen LogP contribution in [0.3, 0.4) is 0 Å². The maximum atomic E-state index is 11.7. The Bertz CT molecular complexity index is 600. The molecule has 3 heterocycles. The molecule has 3 aliphatic rings. The lowest BCUT2D eigenvalue weighted by Gasteiger charge is -2.37. The molecule has 136 valence electrons. The summed E-state index contributed by atoms with van der Waals surface area (Å²) in [5.74, 6) is 0. The van der Waals surface area contributed by atoms with E-state index in [9.17, 15) is 4.79 Å². The quantitative estimate of drug-likeness (QED) is 0.840. The molecular formula is C20H29N3O2. The first-order chi connectivity index (χ1) is 12.1. The zero-order valence-corrected chi connectivity index (χ0v) is 15.2. The zero-order valence-electron chi connectivity index (χ0n) is 15.2. The number of ether oxygens (including phenoxy) is 1. The standard InChI is InChI=1S/C20H29N3O2/c1-21-15-20(25-19(21)24)10-14-23(16-20)18-8-12-22(13-9-18)11-7-17-5-3-2-4-6-17/h2-6,18H,7-16H2,1H3. The van der Waals surface area contributed by atoms with Gasteiger partial charge in [-0.25, -0.2) is 4.79 Å². The number of hydrogen-bond donors (Lipinski definition) is 0. The van der Waals surface area contributed by atoms with Crippen molar-refractivity contribution in [3.05, 3.63) is 35.9 Å². The minimum Gasteiger partial charge on any atom is -0.439 e. The summed E-state index contributed by atoms with van der Waals surface area (Å²) in [5, 5.41) is 0. The monoisotopic (exact) mass is 343 g/mol. The highest BCUT2D eigenvalue weighted by molar-refractivity contribution is 5.70. The maximum Gasteiger partial charge on any atom is 0.410 e. The molecule has 0 aliphatic carbocycles. The summed E-state index contributed by atoms with van der Waals surface area (Å²) in [7, 11) is 1.84. The summed E-state index contributed by atoms with van der Waals surface area (Å²) >= 11 is 0. The van der Waals surface area contributed by atoms with Gasteiger partial charge < -0.3 is 14.5 Å². The van der Waals surface area contributed by atoms with Crippen LogP contribution < -0.4 is 0 Å². The molecule has 0 saturated carbocycles. The number of piperidine rings is 1. The summed E-state index contributed by atoms with van der Waals surface area (Å²) in [6, 6.07) is 11.4. The number of likely N-dealkylation sites (tertiary alicyclic amines) is 2. The van der Waals surface area contributed by atoms with Crippen molar-refractivity contribution >= 4 is 6.09 Å². The second-order valence-corrected chi connectivity index (χ2v) is 7.94. The molecule has 5 nitrogen and oxygen atoms in total. The van der Waals surface area contributed by atoms with Crippen molar-refractivity contribution in [1.82, 2.24) is 14.7 Å². The van der Waals surface area contributed by atoms with E-state index in [0.717, 1.165) is 39.0 Å². The predicted molar refractivity (Wildman–Crippen MR) is 97.6 cm³/mol. The van der Waals surface area contributed by atoms with Gasteiger partial charge in [0.2, 0.25) is 0 Å². The van der Waals surface area contributed by atoms with Crippen LogP contribution in [0, 0.1) is 0 Å². The number of amides is 1. The number of likely N-dealkylation sites (N-methyl/N-ethyl adjacent to an activating group) is 1. The fraction of sp³-hybridized carbons (Fsp3) is 0.650. The smallest absolute Gasteiger partial charge is 0.410 e. The molecule has 0 aromatic heterocycles. The molecule has 25 heavy (non-hydrogen) atoms. The highest BCUT2D eigenvalue weighted by atomic mass is 16.6. The Kier molecular flexibility index (Phi) is 4.69. The minimum atomic E-state index is -0.240. The number of nitrogens with zero attached hydrogens (tertiary/aromatic N) is 3. The van der Waals surface area contributed by atoms with Gasteiger partial charge in [0.15, 0.2) is 0 Å². The summed E-state index contributed by atoms with van der Waals surface area (Å²) in [4.78, 5) is 18.6. The molecule has 1 aromatic rings. The second-order valence-electron chi connectivity index (χ2n) is 7.94. The van der Waals surface area contributed by atoms with Gasteiger partial charge in [0.25, 0.3) is 0 Å². The van der Waals surface area contributed by atoms with Gasteiger partial charge >= 0.3 is 6.09 Å². The molecule has 4 rings (SSSR count). The molecule has 1 atom stereocenters. The Labute approximate surface area is 150 Å². The first kappa shape index (κ1) is 16.9. The van der Waals surface area contributed by atoms with Gasteiger partial charge in [-0.15, -0.1) is 0 Å². The minimum absolute atomic E-state index is 0.155. The molecule has 1 spiro atoms. The zero-order chi connectivity index (χ0) is 17.3. The normalized spacial score (nSPS) is 28.8. The topological polar surface area (TPSA) is 36.0 Å². The molecule has 3 fully saturated rings. The van der Waals surface area contributed by atoms with Crippen molar-refractivity contribution in [1.29, 1.82) is 0 Å². The lowest BCUT2D eigenvalue weighted by atomic mass is 10.0. The third-order valence-electron chi connectivity index (χ3n) is 6.12. The molecule has 0 radical (unpaired) electrons. The van der Waals surface area contributed by atoms with Crippen LogP contribution in [0.1, 0.15) is 24.8 Å². The van der Waals surface area contributed by atoms with E-state index in [1.807, 2.05) is 7.05 Å². The first-order valence-electron chi connectivity index (χ1n) is 9.58. The molecule has 3 aliphatic heterocycles. The van der Waals surface area contributed by atoms with E-state index in [4.69, 9.17) is 4.74 Å². The summed E-state index contributed by atoms with van der Waals surface area (Å²) in [5.41, 5.74) is 1.19. The van der Waals surface area contributed by atoms with Gasteiger partial charge in [-0.1, -0.05) is 30.3 Å². The average molecular weight is 343 g/mol. The van der Waals surface area contributed by atoms with Crippen LogP contribution in [0.4, 0.5) is 4.79 Å². The van der Waals surface area contributed by atoms with Gasteiger partial charge in [0.1, 0.15) is 5.60 Å². The molecule has 1 aromatic carbocycles. The van der Waals surface area contributed by atoms with E-state index in [1.54, 1.807) is 4.90 Å². The van der Waals surface area contributed by atoms with Crippen molar-refractivity contribution in [3.8, 4) is 0 Å². The van der Waals surface area contributed by atoms with Gasteiger partial charge in [-0.05, 0) is 37.9 Å². The molecular weight excluding hydrogens is 314 g/mol. The summed E-state index contributed by atoms with van der Waals surface area (Å²) in [6.07, 6.45) is 4.43. The van der Waals surface area contributed by atoms with Gasteiger partial charge in [0.05, 0.1) is 6.54 Å². The second kappa shape index (κ2) is 6.96. The highest BCUT2D eigenvalue weighted by Gasteiger charge is 2.49. The van der Waals surface area contributed by atoms with E-state index in [-0.39, 0.29) is 11.7 Å². The van der Waals surface area contributed by atoms with E-state index < -0.39 is 0 Å². The van der Waals surface area contributed by atoms with Crippen molar-refractivity contribution in [3.63, 3.8) is 0 Å². The lowest BCUT2D eigenvalue weighted by Crippen LogP contribution is -2.46. The Morgan fingerprint density at radius 1 is 1.12 bits per heavy atom. The van der Waals surface area contributed by atoms with Crippen molar-refractivity contribution in [2.45, 2.75) is 37.3 Å². The predicted octanol–water partition coefficient (Wildman–Crippen LogP) is 2.22. The van der Waals surface area contributed by atoms with E-state index >= 15 is 0 Å². The Morgan fingerprint density at radius 3 is 2.56 bits per heavy atom. The molecule has 0 bridgehead atoms. The molecule has 1 unspecified atom stereocenters. The van der Waals surface area contributed by atoms with Crippen molar-refractivity contribution in [2.75, 3.05) is 46.3 Å². The molecule has 3 saturated heterocycles. The van der Waals surface area contributed by atoms with Crippen LogP contribution in [0.5, 0.6) is 0 Å². The van der Waals surface area contributed by atoms with E-state index in [2.05, 4.69) is 40.1 Å². The van der Waals surface area contributed by atoms with Crippen LogP contribution in [-0.2, 0) is 11.2 Å². The fourth-order valence-electron chi connectivity index (χ4n) is 4.63. The number of hydrogen-bond acceptors (Lipinski definition) is 4. The van der Waals surface area contributed by atoms with Crippen molar-refractivity contribution < 1.29 is 9.53 Å². The van der Waals surface area contributed by atoms with Crippen LogP contribution in [0.25, 0.3) is 0 Å². The number of carbonyl (C=O) groups is 1. The fourth-order valence-corrected chi connectivity index (χ4v) is 4.63. The van der Waals surface area contributed by atoms with Crippen molar-refractivity contribution in [2.24, 2.45) is 0 Å². The molecule has 0 N–H and O–H groups in total. The first-order valence-corrected chi connectivity index (χ1v) is 9.58. The van der Waals surface area contributed by atoms with Crippen LogP contribution in [0.2, 0.25) is 0 Å². The van der Waals surface area contributed by atoms with E-state index in [1.165, 1.54) is 31.5 Å². The largest absolute Gasteiger partial charge is 0.439 e. The van der Waals surface area contributed by atoms with Crippen LogP contribution in [-0.4, -0.2) is 78.8 Å². The Balaban J connectivity index is 1.23.